The van der Waals surface area contributed by atoms with Gasteiger partial charge in [-0.25, -0.2) is 9.69 Å². The lowest BCUT2D eigenvalue weighted by Crippen LogP contribution is -2.39. The van der Waals surface area contributed by atoms with Crippen LogP contribution in [0.5, 0.6) is 0 Å². The number of carbonyl (C=O) groups excluding carboxylic acids is 2. The average Bonchev–Trinajstić information content (AvgIpc) is 2.54. The van der Waals surface area contributed by atoms with Crippen LogP contribution in [-0.2, 0) is 9.53 Å². The summed E-state index contributed by atoms with van der Waals surface area (Å²) in [6, 6.07) is -0.245. The van der Waals surface area contributed by atoms with E-state index >= 15 is 0 Å². The van der Waals surface area contributed by atoms with Crippen LogP contribution in [0.4, 0.5) is 4.79 Å². The van der Waals surface area contributed by atoms with E-state index in [1.807, 2.05) is 6.92 Å². The van der Waals surface area contributed by atoms with Gasteiger partial charge in [0.05, 0.1) is 6.04 Å². The molecular weight excluding hydrogens is 194 g/mol. The summed E-state index contributed by atoms with van der Waals surface area (Å²) < 4.78 is 5.08. The number of nitrogens with zero attached hydrogens (tertiary/aromatic N) is 1. The molecule has 15 heavy (non-hydrogen) atoms. The highest BCUT2D eigenvalue weighted by atomic mass is 16.6. The number of rotatable bonds is 4. The Kier molecular flexibility index (Phi) is 3.66. The molecule has 0 aliphatic carbocycles. The molecule has 0 aromatic heterocycles. The first-order valence-corrected chi connectivity index (χ1v) is 4.92. The Morgan fingerprint density at radius 2 is 2.27 bits per heavy atom. The smallest absolute Gasteiger partial charge is 0.417 e. The van der Waals surface area contributed by atoms with Gasteiger partial charge in [0.1, 0.15) is 6.10 Å². The molecule has 82 valence electrons. The van der Waals surface area contributed by atoms with Gasteiger partial charge < -0.3 is 4.74 Å². The van der Waals surface area contributed by atoms with Crippen LogP contribution < -0.4 is 0 Å². The van der Waals surface area contributed by atoms with E-state index in [0.717, 1.165) is 11.0 Å². The summed E-state index contributed by atoms with van der Waals surface area (Å²) in [4.78, 5) is 24.0. The Hall–Kier alpha value is -1.58. The van der Waals surface area contributed by atoms with Crippen molar-refractivity contribution in [1.29, 1.82) is 0 Å². The van der Waals surface area contributed by atoms with Gasteiger partial charge in [0.2, 0.25) is 0 Å². The Morgan fingerprint density at radius 1 is 1.60 bits per heavy atom. The number of amides is 2. The van der Waals surface area contributed by atoms with E-state index < -0.39 is 12.0 Å². The Morgan fingerprint density at radius 3 is 2.73 bits per heavy atom. The molecule has 4 nitrogen and oxygen atoms in total. The number of cyclic esters (lactones) is 1. The SMILES string of the molecule is C=CC[C@H]1[C@H](CC)OC(=O)N1C(=O)C=C. The molecule has 0 aromatic rings. The van der Waals surface area contributed by atoms with Crippen molar-refractivity contribution in [3.8, 4) is 0 Å². The van der Waals surface area contributed by atoms with E-state index in [2.05, 4.69) is 13.2 Å². The first-order chi connectivity index (χ1) is 7.15. The normalized spacial score (nSPS) is 24.9. The summed E-state index contributed by atoms with van der Waals surface area (Å²) in [5.41, 5.74) is 0. The first kappa shape index (κ1) is 11.5. The number of hydrogen-bond donors (Lipinski definition) is 0. The van der Waals surface area contributed by atoms with Crippen LogP contribution in [0.25, 0.3) is 0 Å². The predicted molar refractivity (Wildman–Crippen MR) is 56.2 cm³/mol. The third-order valence-corrected chi connectivity index (χ3v) is 2.43. The average molecular weight is 209 g/mol. The van der Waals surface area contributed by atoms with Crippen LogP contribution in [0.1, 0.15) is 19.8 Å². The van der Waals surface area contributed by atoms with Crippen LogP contribution in [0.3, 0.4) is 0 Å². The van der Waals surface area contributed by atoms with Gasteiger partial charge in [0.25, 0.3) is 5.91 Å². The van der Waals surface area contributed by atoms with Crippen molar-refractivity contribution in [2.24, 2.45) is 0 Å². The minimum absolute atomic E-state index is 0.237. The highest BCUT2D eigenvalue weighted by molar-refractivity contribution is 5.99. The lowest BCUT2D eigenvalue weighted by Gasteiger charge is -2.19. The zero-order valence-electron chi connectivity index (χ0n) is 8.81. The van der Waals surface area contributed by atoms with E-state index in [4.69, 9.17) is 4.74 Å². The summed E-state index contributed by atoms with van der Waals surface area (Å²) in [6.45, 7) is 8.88. The van der Waals surface area contributed by atoms with Crippen molar-refractivity contribution in [2.75, 3.05) is 0 Å². The van der Waals surface area contributed by atoms with Crippen molar-refractivity contribution in [2.45, 2.75) is 31.9 Å². The monoisotopic (exact) mass is 209 g/mol. The van der Waals surface area contributed by atoms with Crippen molar-refractivity contribution in [3.05, 3.63) is 25.3 Å². The second-order valence-electron chi connectivity index (χ2n) is 3.33. The molecule has 0 bridgehead atoms. The molecule has 0 radical (unpaired) electrons. The van der Waals surface area contributed by atoms with Gasteiger partial charge in [-0.3, -0.25) is 4.79 Å². The molecular formula is C11H15NO3. The molecule has 0 aromatic carbocycles. The van der Waals surface area contributed by atoms with E-state index in [9.17, 15) is 9.59 Å². The van der Waals surface area contributed by atoms with Crippen molar-refractivity contribution in [1.82, 2.24) is 4.90 Å². The molecule has 0 unspecified atom stereocenters. The minimum atomic E-state index is -0.585. The van der Waals surface area contributed by atoms with Gasteiger partial charge in [-0.1, -0.05) is 19.6 Å². The van der Waals surface area contributed by atoms with Crippen LogP contribution in [0, 0.1) is 0 Å². The van der Waals surface area contributed by atoms with Crippen LogP contribution in [0.2, 0.25) is 0 Å². The minimum Gasteiger partial charge on any atom is -0.444 e. The first-order valence-electron chi connectivity index (χ1n) is 4.92. The molecule has 1 aliphatic rings. The van der Waals surface area contributed by atoms with Crippen LogP contribution in [-0.4, -0.2) is 29.0 Å². The summed E-state index contributed by atoms with van der Waals surface area (Å²) in [5.74, 6) is -0.414. The summed E-state index contributed by atoms with van der Waals surface area (Å²) >= 11 is 0. The van der Waals surface area contributed by atoms with Gasteiger partial charge in [0.15, 0.2) is 0 Å². The molecule has 2 atom stereocenters. The zero-order valence-corrected chi connectivity index (χ0v) is 8.81. The molecule has 2 amide bonds. The van der Waals surface area contributed by atoms with Crippen molar-refractivity contribution >= 4 is 12.0 Å². The second kappa shape index (κ2) is 4.77. The van der Waals surface area contributed by atoms with Crippen LogP contribution in [0.15, 0.2) is 25.3 Å². The predicted octanol–water partition coefficient (Wildman–Crippen LogP) is 1.87. The van der Waals surface area contributed by atoms with E-state index in [1.54, 1.807) is 6.08 Å². The van der Waals surface area contributed by atoms with E-state index in [1.165, 1.54) is 0 Å². The largest absolute Gasteiger partial charge is 0.444 e. The zero-order chi connectivity index (χ0) is 11.4. The number of ether oxygens (including phenoxy) is 1. The fourth-order valence-electron chi connectivity index (χ4n) is 1.70. The number of imide groups is 1. The maximum atomic E-state index is 11.4. The van der Waals surface area contributed by atoms with E-state index in [0.29, 0.717) is 12.8 Å². The number of hydrogen-bond acceptors (Lipinski definition) is 3. The fourth-order valence-corrected chi connectivity index (χ4v) is 1.70. The van der Waals surface area contributed by atoms with E-state index in [-0.39, 0.29) is 12.1 Å². The molecule has 4 heteroatoms. The van der Waals surface area contributed by atoms with Gasteiger partial charge in [-0.05, 0) is 18.9 Å². The van der Waals surface area contributed by atoms with Gasteiger partial charge in [0, 0.05) is 0 Å². The Bertz CT molecular complexity index is 298. The van der Waals surface area contributed by atoms with Gasteiger partial charge in [-0.2, -0.15) is 0 Å². The quantitative estimate of drug-likeness (QED) is 0.524. The summed E-state index contributed by atoms with van der Waals surface area (Å²) in [7, 11) is 0. The standard InChI is InChI=1S/C11H15NO3/c1-4-7-8-9(5-2)15-11(14)12(8)10(13)6-3/h4,6,8-9H,1,3,5,7H2,2H3/t8-,9-/m0/s1. The fraction of sp³-hybridized carbons (Fsp3) is 0.455. The second-order valence-corrected chi connectivity index (χ2v) is 3.33. The maximum absolute atomic E-state index is 11.4. The lowest BCUT2D eigenvalue weighted by molar-refractivity contribution is -0.124. The third kappa shape index (κ3) is 2.09. The molecule has 1 fully saturated rings. The third-order valence-electron chi connectivity index (χ3n) is 2.43. The molecule has 1 rings (SSSR count). The highest BCUT2D eigenvalue weighted by Gasteiger charge is 2.42. The molecule has 0 spiro atoms. The molecule has 0 N–H and O–H groups in total. The molecule has 1 aliphatic heterocycles. The molecule has 1 heterocycles. The Balaban J connectivity index is 2.90. The van der Waals surface area contributed by atoms with Gasteiger partial charge in [-0.15, -0.1) is 6.58 Å². The van der Waals surface area contributed by atoms with Crippen molar-refractivity contribution in [3.63, 3.8) is 0 Å². The molecule has 1 saturated heterocycles. The molecule has 0 saturated carbocycles. The van der Waals surface area contributed by atoms with Crippen molar-refractivity contribution < 1.29 is 14.3 Å². The summed E-state index contributed by atoms with van der Waals surface area (Å²) in [6.07, 6.45) is 3.21. The summed E-state index contributed by atoms with van der Waals surface area (Å²) in [5, 5.41) is 0. The topological polar surface area (TPSA) is 46.6 Å². The maximum Gasteiger partial charge on any atom is 0.417 e. The highest BCUT2D eigenvalue weighted by Crippen LogP contribution is 2.24. The lowest BCUT2D eigenvalue weighted by atomic mass is 10.0. The number of carbonyl (C=O) groups is 2. The Labute approximate surface area is 89.2 Å². The van der Waals surface area contributed by atoms with Gasteiger partial charge >= 0.3 is 6.09 Å². The van der Waals surface area contributed by atoms with Crippen LogP contribution >= 0.6 is 0 Å².